The number of nitrogens with two attached hydrogens (primary N) is 1. The number of hydrogen-bond acceptors (Lipinski definition) is 2. The van der Waals surface area contributed by atoms with E-state index in [-0.39, 0.29) is 5.92 Å². The molecule has 1 unspecified atom stereocenters. The van der Waals surface area contributed by atoms with Gasteiger partial charge in [0.1, 0.15) is 5.82 Å². The minimum atomic E-state index is 0.254. The maximum Gasteiger partial charge on any atom is 0.126 e. The number of aromatic nitrogens is 1. The molecule has 27 heavy (non-hydrogen) atoms. The van der Waals surface area contributed by atoms with Crippen molar-refractivity contribution in [3.63, 3.8) is 0 Å². The first-order valence-electron chi connectivity index (χ1n) is 9.12. The second kappa shape index (κ2) is 7.98. The molecule has 2 nitrogen and oxygen atoms in total. The molecule has 0 radical (unpaired) electrons. The van der Waals surface area contributed by atoms with Crippen LogP contribution >= 0.6 is 11.6 Å². The van der Waals surface area contributed by atoms with Crippen molar-refractivity contribution in [3.05, 3.63) is 88.6 Å². The molecule has 1 atom stereocenters. The zero-order valence-corrected chi connectivity index (χ0v) is 16.8. The highest BCUT2D eigenvalue weighted by atomic mass is 35.5. The van der Waals surface area contributed by atoms with E-state index in [0.29, 0.717) is 5.82 Å². The molecule has 1 aromatic heterocycles. The van der Waals surface area contributed by atoms with Crippen molar-refractivity contribution in [2.75, 3.05) is 5.73 Å². The number of nitrogen functional groups attached to an aromatic ring is 1. The van der Waals surface area contributed by atoms with Crippen LogP contribution in [0.1, 0.15) is 42.0 Å². The monoisotopic (exact) mass is 376 g/mol. The van der Waals surface area contributed by atoms with Gasteiger partial charge in [-0.05, 0) is 66.1 Å². The van der Waals surface area contributed by atoms with E-state index in [4.69, 9.17) is 17.3 Å². The average Bonchev–Trinajstić information content (AvgIpc) is 2.63. The van der Waals surface area contributed by atoms with Gasteiger partial charge in [-0.3, -0.25) is 0 Å². The summed E-state index contributed by atoms with van der Waals surface area (Å²) >= 11 is 6.44. The SMILES string of the molecule is C=C(C)c1ccc(-c2cnc(N)c(CC(C)c3c(C)cccc3Cl)c2)cc1. The summed E-state index contributed by atoms with van der Waals surface area (Å²) in [6, 6.07) is 16.5. The first kappa shape index (κ1) is 19.2. The molecule has 0 bridgehead atoms. The van der Waals surface area contributed by atoms with Crippen molar-refractivity contribution >= 4 is 23.0 Å². The Labute approximate surface area is 166 Å². The molecule has 0 aliphatic heterocycles. The Balaban J connectivity index is 1.90. The van der Waals surface area contributed by atoms with Crippen molar-refractivity contribution in [2.24, 2.45) is 0 Å². The average molecular weight is 377 g/mol. The molecular formula is C24H25ClN2. The van der Waals surface area contributed by atoms with Gasteiger partial charge in [-0.25, -0.2) is 4.98 Å². The van der Waals surface area contributed by atoms with E-state index in [0.717, 1.165) is 39.3 Å². The predicted octanol–water partition coefficient (Wildman–Crippen LogP) is 6.67. The summed E-state index contributed by atoms with van der Waals surface area (Å²) in [6.07, 6.45) is 2.63. The van der Waals surface area contributed by atoms with Gasteiger partial charge in [0, 0.05) is 16.8 Å². The van der Waals surface area contributed by atoms with E-state index < -0.39 is 0 Å². The molecule has 3 aromatic rings. The number of rotatable bonds is 5. The van der Waals surface area contributed by atoms with Crippen LogP contribution in [-0.4, -0.2) is 4.98 Å². The lowest BCUT2D eigenvalue weighted by Crippen LogP contribution is -2.06. The second-order valence-electron chi connectivity index (χ2n) is 7.20. The standard InChI is InChI=1S/C24H25ClN2/c1-15(2)18-8-10-19(11-9-18)21-13-20(24(26)27-14-21)12-17(4)23-16(3)6-5-7-22(23)25/h5-11,13-14,17H,1,12H2,2-4H3,(H2,26,27). The van der Waals surface area contributed by atoms with Crippen LogP contribution in [0.2, 0.25) is 5.02 Å². The molecule has 2 N–H and O–H groups in total. The van der Waals surface area contributed by atoms with Crippen LogP contribution in [0, 0.1) is 6.92 Å². The van der Waals surface area contributed by atoms with Gasteiger partial charge >= 0.3 is 0 Å². The van der Waals surface area contributed by atoms with Gasteiger partial charge in [-0.15, -0.1) is 0 Å². The van der Waals surface area contributed by atoms with Crippen molar-refractivity contribution in [1.82, 2.24) is 4.98 Å². The van der Waals surface area contributed by atoms with Gasteiger partial charge in [0.05, 0.1) is 0 Å². The van der Waals surface area contributed by atoms with Gasteiger partial charge in [0.25, 0.3) is 0 Å². The molecule has 0 aliphatic carbocycles. The number of anilines is 1. The van der Waals surface area contributed by atoms with E-state index in [1.807, 2.05) is 25.3 Å². The summed E-state index contributed by atoms with van der Waals surface area (Å²) in [5, 5.41) is 0.806. The molecule has 0 aliphatic rings. The van der Waals surface area contributed by atoms with Crippen molar-refractivity contribution < 1.29 is 0 Å². The quantitative estimate of drug-likeness (QED) is 0.539. The highest BCUT2D eigenvalue weighted by Gasteiger charge is 2.15. The molecule has 138 valence electrons. The van der Waals surface area contributed by atoms with E-state index in [9.17, 15) is 0 Å². The maximum atomic E-state index is 6.44. The minimum absolute atomic E-state index is 0.254. The van der Waals surface area contributed by atoms with Crippen LogP contribution in [0.3, 0.4) is 0 Å². The molecule has 3 rings (SSSR count). The topological polar surface area (TPSA) is 38.9 Å². The molecule has 0 amide bonds. The smallest absolute Gasteiger partial charge is 0.126 e. The molecule has 1 heterocycles. The normalized spacial score (nSPS) is 12.0. The summed E-state index contributed by atoms with van der Waals surface area (Å²) in [4.78, 5) is 4.43. The van der Waals surface area contributed by atoms with Crippen LogP contribution in [-0.2, 0) is 6.42 Å². The van der Waals surface area contributed by atoms with Crippen LogP contribution in [0.4, 0.5) is 5.82 Å². The second-order valence-corrected chi connectivity index (χ2v) is 7.61. The van der Waals surface area contributed by atoms with E-state index in [1.54, 1.807) is 0 Å². The number of hydrogen-bond donors (Lipinski definition) is 1. The number of benzene rings is 2. The lowest BCUT2D eigenvalue weighted by molar-refractivity contribution is 0.753. The van der Waals surface area contributed by atoms with Gasteiger partial charge < -0.3 is 5.73 Å². The fourth-order valence-corrected chi connectivity index (χ4v) is 3.90. The first-order valence-corrected chi connectivity index (χ1v) is 9.50. The van der Waals surface area contributed by atoms with Crippen LogP contribution in [0.25, 0.3) is 16.7 Å². The molecule has 0 saturated heterocycles. The van der Waals surface area contributed by atoms with Crippen molar-refractivity contribution in [2.45, 2.75) is 33.1 Å². The van der Waals surface area contributed by atoms with Gasteiger partial charge in [0.2, 0.25) is 0 Å². The maximum absolute atomic E-state index is 6.44. The number of halogens is 1. The summed E-state index contributed by atoms with van der Waals surface area (Å²) in [5.41, 5.74) is 14.0. The Bertz CT molecular complexity index is 954. The Morgan fingerprint density at radius 3 is 2.48 bits per heavy atom. The summed E-state index contributed by atoms with van der Waals surface area (Å²) in [5.74, 6) is 0.831. The Hall–Kier alpha value is -2.58. The molecule has 2 aromatic carbocycles. The third-order valence-corrected chi connectivity index (χ3v) is 5.33. The highest BCUT2D eigenvalue weighted by molar-refractivity contribution is 6.31. The van der Waals surface area contributed by atoms with Crippen molar-refractivity contribution in [3.8, 4) is 11.1 Å². The Kier molecular flexibility index (Phi) is 5.67. The van der Waals surface area contributed by atoms with Gasteiger partial charge in [-0.2, -0.15) is 0 Å². The first-order chi connectivity index (χ1) is 12.9. The fraction of sp³-hybridized carbons (Fsp3) is 0.208. The van der Waals surface area contributed by atoms with E-state index >= 15 is 0 Å². The predicted molar refractivity (Wildman–Crippen MR) is 117 cm³/mol. The van der Waals surface area contributed by atoms with Crippen LogP contribution in [0.5, 0.6) is 0 Å². The van der Waals surface area contributed by atoms with Crippen LogP contribution in [0.15, 0.2) is 61.3 Å². The van der Waals surface area contributed by atoms with Gasteiger partial charge in [-0.1, -0.05) is 67.1 Å². The third-order valence-electron chi connectivity index (χ3n) is 5.00. The highest BCUT2D eigenvalue weighted by Crippen LogP contribution is 2.32. The number of allylic oxidation sites excluding steroid dienone is 1. The summed E-state index contributed by atoms with van der Waals surface area (Å²) in [6.45, 7) is 10.3. The minimum Gasteiger partial charge on any atom is -0.383 e. The number of nitrogens with zero attached hydrogens (tertiary/aromatic N) is 1. The lowest BCUT2D eigenvalue weighted by Gasteiger charge is -2.18. The van der Waals surface area contributed by atoms with Gasteiger partial charge in [0.15, 0.2) is 0 Å². The molecule has 0 fully saturated rings. The summed E-state index contributed by atoms with van der Waals surface area (Å²) < 4.78 is 0. The molecular weight excluding hydrogens is 352 g/mol. The van der Waals surface area contributed by atoms with Crippen LogP contribution < -0.4 is 5.73 Å². The zero-order chi connectivity index (χ0) is 19.6. The van der Waals surface area contributed by atoms with E-state index in [2.05, 4.69) is 61.8 Å². The number of pyridine rings is 1. The van der Waals surface area contributed by atoms with E-state index in [1.165, 1.54) is 11.1 Å². The Morgan fingerprint density at radius 1 is 1.15 bits per heavy atom. The Morgan fingerprint density at radius 2 is 1.85 bits per heavy atom. The lowest BCUT2D eigenvalue weighted by atomic mass is 9.90. The third kappa shape index (κ3) is 4.23. The fourth-order valence-electron chi connectivity index (χ4n) is 3.49. The summed E-state index contributed by atoms with van der Waals surface area (Å²) in [7, 11) is 0. The zero-order valence-electron chi connectivity index (χ0n) is 16.1. The molecule has 0 spiro atoms. The number of aryl methyl sites for hydroxylation is 1. The van der Waals surface area contributed by atoms with Crippen molar-refractivity contribution in [1.29, 1.82) is 0 Å². The largest absolute Gasteiger partial charge is 0.383 e. The molecule has 0 saturated carbocycles. The molecule has 3 heteroatoms.